The van der Waals surface area contributed by atoms with Crippen molar-refractivity contribution in [2.24, 2.45) is 0 Å². The van der Waals surface area contributed by atoms with E-state index in [1.807, 2.05) is 0 Å². The third-order valence-corrected chi connectivity index (χ3v) is 6.88. The molecule has 1 aliphatic rings. The Bertz CT molecular complexity index is 1470. The second kappa shape index (κ2) is 7.67. The van der Waals surface area contributed by atoms with Gasteiger partial charge in [0.2, 0.25) is 0 Å². The number of fused-ring (bicyclic) bond motifs is 6. The van der Waals surface area contributed by atoms with Crippen LogP contribution in [0.25, 0.3) is 44.2 Å². The van der Waals surface area contributed by atoms with E-state index in [-0.39, 0.29) is 0 Å². The molecule has 0 aliphatic heterocycles. The number of furan rings is 1. The van der Waals surface area contributed by atoms with Gasteiger partial charge in [-0.25, -0.2) is 0 Å². The fourth-order valence-electron chi connectivity index (χ4n) is 5.37. The minimum Gasteiger partial charge on any atom is -0.455 e. The predicted octanol–water partition coefficient (Wildman–Crippen LogP) is 8.73. The van der Waals surface area contributed by atoms with Crippen LogP contribution in [0.4, 0.5) is 0 Å². The summed E-state index contributed by atoms with van der Waals surface area (Å²) >= 11 is 0. The Labute approximate surface area is 189 Å². The van der Waals surface area contributed by atoms with E-state index in [0.717, 1.165) is 43.3 Å². The third-order valence-electron chi connectivity index (χ3n) is 6.88. The summed E-state index contributed by atoms with van der Waals surface area (Å²) in [5.74, 6) is 0. The molecule has 6 rings (SSSR count). The van der Waals surface area contributed by atoms with Crippen LogP contribution < -0.4 is 0 Å². The monoisotopic (exact) mass is 416 g/mol. The van der Waals surface area contributed by atoms with E-state index in [1.165, 1.54) is 55.3 Å². The first-order valence-corrected chi connectivity index (χ1v) is 11.9. The summed E-state index contributed by atoms with van der Waals surface area (Å²) in [6, 6.07) is 27.2. The van der Waals surface area contributed by atoms with Crippen LogP contribution in [-0.2, 0) is 19.3 Å². The maximum Gasteiger partial charge on any atom is 0.143 e. The maximum atomic E-state index is 6.49. The van der Waals surface area contributed by atoms with E-state index in [9.17, 15) is 0 Å². The van der Waals surface area contributed by atoms with E-state index >= 15 is 0 Å². The molecule has 0 N–H and O–H groups in total. The van der Waals surface area contributed by atoms with Gasteiger partial charge in [-0.1, -0.05) is 69.2 Å². The average molecular weight is 417 g/mol. The Hall–Kier alpha value is -3.32. The smallest absolute Gasteiger partial charge is 0.143 e. The van der Waals surface area contributed by atoms with Crippen molar-refractivity contribution in [1.82, 2.24) is 0 Å². The van der Waals surface area contributed by atoms with Crippen molar-refractivity contribution in [1.29, 1.82) is 0 Å². The van der Waals surface area contributed by atoms with Gasteiger partial charge in [-0.15, -0.1) is 0 Å². The molecule has 1 heteroatoms. The molecular weight excluding hydrogens is 388 g/mol. The second-order valence-corrected chi connectivity index (χ2v) is 9.16. The number of hydrogen-bond acceptors (Lipinski definition) is 1. The highest BCUT2D eigenvalue weighted by Gasteiger charge is 2.20. The van der Waals surface area contributed by atoms with Gasteiger partial charge in [-0.05, 0) is 88.5 Å². The minimum absolute atomic E-state index is 0.987. The lowest BCUT2D eigenvalue weighted by Crippen LogP contribution is -1.88. The second-order valence-electron chi connectivity index (χ2n) is 9.16. The Balaban J connectivity index is 1.59. The summed E-state index contributed by atoms with van der Waals surface area (Å²) in [6.45, 7) is 4.49. The molecule has 0 radical (unpaired) electrons. The van der Waals surface area contributed by atoms with Crippen molar-refractivity contribution in [2.75, 3.05) is 0 Å². The van der Waals surface area contributed by atoms with E-state index in [2.05, 4.69) is 86.6 Å². The molecule has 32 heavy (non-hydrogen) atoms. The SMILES string of the molecule is CCCc1ccc2oc3c(-c4ccc5c(c4)-c4ccccc4C5)cc(CCC)cc3c2c1. The van der Waals surface area contributed by atoms with Gasteiger partial charge in [0.15, 0.2) is 0 Å². The summed E-state index contributed by atoms with van der Waals surface area (Å²) < 4.78 is 6.49. The van der Waals surface area contributed by atoms with Gasteiger partial charge >= 0.3 is 0 Å². The Kier molecular flexibility index (Phi) is 4.64. The van der Waals surface area contributed by atoms with Crippen LogP contribution in [0.1, 0.15) is 48.9 Å². The molecule has 0 unspecified atom stereocenters. The van der Waals surface area contributed by atoms with E-state index < -0.39 is 0 Å². The lowest BCUT2D eigenvalue weighted by molar-refractivity contribution is 0.669. The van der Waals surface area contributed by atoms with Gasteiger partial charge in [-0.2, -0.15) is 0 Å². The molecule has 1 aliphatic carbocycles. The molecule has 1 aromatic heterocycles. The fraction of sp³-hybridized carbons (Fsp3) is 0.226. The molecule has 158 valence electrons. The van der Waals surface area contributed by atoms with Gasteiger partial charge in [0.05, 0.1) is 0 Å². The van der Waals surface area contributed by atoms with Gasteiger partial charge in [0.1, 0.15) is 11.2 Å². The third kappa shape index (κ3) is 3.07. The molecule has 0 saturated carbocycles. The summed E-state index contributed by atoms with van der Waals surface area (Å²) in [5, 5.41) is 2.50. The molecule has 4 aromatic carbocycles. The van der Waals surface area contributed by atoms with Crippen LogP contribution in [0.2, 0.25) is 0 Å². The molecule has 5 aromatic rings. The lowest BCUT2D eigenvalue weighted by atomic mass is 9.94. The van der Waals surface area contributed by atoms with Gasteiger partial charge in [0, 0.05) is 16.3 Å². The zero-order chi connectivity index (χ0) is 21.7. The highest BCUT2D eigenvalue weighted by Crippen LogP contribution is 2.42. The molecule has 1 nitrogen and oxygen atoms in total. The quantitative estimate of drug-likeness (QED) is 0.274. The van der Waals surface area contributed by atoms with Crippen LogP contribution in [-0.4, -0.2) is 0 Å². The van der Waals surface area contributed by atoms with E-state index in [4.69, 9.17) is 4.42 Å². The van der Waals surface area contributed by atoms with Crippen LogP contribution >= 0.6 is 0 Å². The molecule has 0 bridgehead atoms. The first-order valence-electron chi connectivity index (χ1n) is 11.9. The maximum absolute atomic E-state index is 6.49. The van der Waals surface area contributed by atoms with Gasteiger partial charge < -0.3 is 4.42 Å². The van der Waals surface area contributed by atoms with Crippen molar-refractivity contribution >= 4 is 21.9 Å². The normalized spacial score (nSPS) is 12.4. The molecule has 0 fully saturated rings. The van der Waals surface area contributed by atoms with Crippen LogP contribution in [0.15, 0.2) is 77.2 Å². The lowest BCUT2D eigenvalue weighted by Gasteiger charge is -2.09. The van der Waals surface area contributed by atoms with Gasteiger partial charge in [0.25, 0.3) is 0 Å². The highest BCUT2D eigenvalue weighted by atomic mass is 16.3. The van der Waals surface area contributed by atoms with Crippen molar-refractivity contribution in [3.8, 4) is 22.3 Å². The first-order chi connectivity index (χ1) is 15.7. The zero-order valence-corrected chi connectivity index (χ0v) is 18.9. The zero-order valence-electron chi connectivity index (χ0n) is 18.9. The summed E-state index contributed by atoms with van der Waals surface area (Å²) in [7, 11) is 0. The standard InChI is InChI=1S/C31H28O/c1-3-7-20-11-14-30-28(15-20)29-17-21(8-4-2)16-27(31(29)32-30)24-13-12-23-18-22-9-5-6-10-25(22)26(23)19-24/h5-6,9-17,19H,3-4,7-8,18H2,1-2H3. The van der Waals surface area contributed by atoms with Crippen molar-refractivity contribution in [3.63, 3.8) is 0 Å². The predicted molar refractivity (Wildman–Crippen MR) is 135 cm³/mol. The van der Waals surface area contributed by atoms with Gasteiger partial charge in [-0.3, -0.25) is 0 Å². The largest absolute Gasteiger partial charge is 0.455 e. The molecule has 0 amide bonds. The van der Waals surface area contributed by atoms with Crippen LogP contribution in [0, 0.1) is 0 Å². The fourth-order valence-corrected chi connectivity index (χ4v) is 5.37. The highest BCUT2D eigenvalue weighted by molar-refractivity contribution is 6.10. The van der Waals surface area contributed by atoms with Crippen molar-refractivity contribution < 1.29 is 4.42 Å². The van der Waals surface area contributed by atoms with E-state index in [1.54, 1.807) is 0 Å². The molecule has 0 saturated heterocycles. The Morgan fingerprint density at radius 3 is 2.31 bits per heavy atom. The van der Waals surface area contributed by atoms with Crippen molar-refractivity contribution in [2.45, 2.75) is 46.0 Å². The number of benzene rings is 4. The molecule has 0 spiro atoms. The number of rotatable bonds is 5. The topological polar surface area (TPSA) is 13.1 Å². The average Bonchev–Trinajstić information content (AvgIpc) is 3.37. The minimum atomic E-state index is 0.987. The molecule has 1 heterocycles. The number of hydrogen-bond donors (Lipinski definition) is 0. The van der Waals surface area contributed by atoms with E-state index in [0.29, 0.717) is 0 Å². The number of aryl methyl sites for hydroxylation is 2. The van der Waals surface area contributed by atoms with Crippen molar-refractivity contribution in [3.05, 3.63) is 95.1 Å². The van der Waals surface area contributed by atoms with Crippen LogP contribution in [0.3, 0.4) is 0 Å². The Morgan fingerprint density at radius 1 is 0.656 bits per heavy atom. The summed E-state index contributed by atoms with van der Waals surface area (Å²) in [4.78, 5) is 0. The Morgan fingerprint density at radius 2 is 1.44 bits per heavy atom. The molecular formula is C31H28O. The first kappa shape index (κ1) is 19.4. The summed E-state index contributed by atoms with van der Waals surface area (Å²) in [5.41, 5.74) is 12.8. The van der Waals surface area contributed by atoms with Crippen LogP contribution in [0.5, 0.6) is 0 Å². The summed E-state index contributed by atoms with van der Waals surface area (Å²) in [6.07, 6.45) is 5.51. The molecule has 0 atom stereocenters.